The van der Waals surface area contributed by atoms with Crippen LogP contribution in [0, 0.1) is 18.3 Å². The van der Waals surface area contributed by atoms with Crippen molar-refractivity contribution < 1.29 is 0 Å². The lowest BCUT2D eigenvalue weighted by Crippen LogP contribution is -1.96. The largest absolute Gasteiger partial charge is 0.268 e. The van der Waals surface area contributed by atoms with Crippen LogP contribution in [0.4, 0.5) is 0 Å². The van der Waals surface area contributed by atoms with E-state index in [0.29, 0.717) is 5.56 Å². The highest BCUT2D eigenvalue weighted by Gasteiger charge is 2.11. The standard InChI is InChI=1S/C18H15N3/c1-13-5-3-4-6-16(13)14-7-8-15(12-19)17(11-14)18-9-10-20-21(18)2/h3-11H,1-2H3. The summed E-state index contributed by atoms with van der Waals surface area (Å²) in [6, 6.07) is 18.4. The van der Waals surface area contributed by atoms with Crippen molar-refractivity contribution >= 4 is 0 Å². The number of rotatable bonds is 2. The van der Waals surface area contributed by atoms with Crippen LogP contribution in [0.3, 0.4) is 0 Å². The maximum Gasteiger partial charge on any atom is 0.0998 e. The van der Waals surface area contributed by atoms with E-state index in [-0.39, 0.29) is 0 Å². The molecule has 0 saturated heterocycles. The smallest absolute Gasteiger partial charge is 0.0998 e. The molecular weight excluding hydrogens is 258 g/mol. The first-order valence-corrected chi connectivity index (χ1v) is 6.79. The van der Waals surface area contributed by atoms with E-state index >= 15 is 0 Å². The normalized spacial score (nSPS) is 10.3. The second-order valence-corrected chi connectivity index (χ2v) is 5.03. The number of hydrogen-bond acceptors (Lipinski definition) is 2. The van der Waals surface area contributed by atoms with Crippen molar-refractivity contribution in [2.75, 3.05) is 0 Å². The van der Waals surface area contributed by atoms with E-state index in [9.17, 15) is 5.26 Å². The van der Waals surface area contributed by atoms with Crippen LogP contribution in [0.5, 0.6) is 0 Å². The fourth-order valence-electron chi connectivity index (χ4n) is 2.56. The van der Waals surface area contributed by atoms with E-state index in [0.717, 1.165) is 16.8 Å². The molecule has 2 aromatic carbocycles. The molecule has 0 N–H and O–H groups in total. The average molecular weight is 273 g/mol. The molecule has 3 aromatic rings. The van der Waals surface area contributed by atoms with Gasteiger partial charge in [-0.1, -0.05) is 30.3 Å². The van der Waals surface area contributed by atoms with Gasteiger partial charge < -0.3 is 0 Å². The zero-order valence-corrected chi connectivity index (χ0v) is 12.0. The number of nitrogens with zero attached hydrogens (tertiary/aromatic N) is 3. The maximum absolute atomic E-state index is 9.34. The van der Waals surface area contributed by atoms with Gasteiger partial charge in [0.25, 0.3) is 0 Å². The van der Waals surface area contributed by atoms with Gasteiger partial charge in [0.1, 0.15) is 0 Å². The Balaban J connectivity index is 2.22. The molecule has 0 aliphatic rings. The van der Waals surface area contributed by atoms with Crippen molar-refractivity contribution in [1.82, 2.24) is 9.78 Å². The van der Waals surface area contributed by atoms with E-state index < -0.39 is 0 Å². The molecule has 1 aromatic heterocycles. The summed E-state index contributed by atoms with van der Waals surface area (Å²) >= 11 is 0. The summed E-state index contributed by atoms with van der Waals surface area (Å²) in [5.41, 5.74) is 6.04. The first kappa shape index (κ1) is 13.1. The molecule has 0 bridgehead atoms. The number of hydrogen-bond donors (Lipinski definition) is 0. The molecule has 0 spiro atoms. The third kappa shape index (κ3) is 2.32. The second-order valence-electron chi connectivity index (χ2n) is 5.03. The molecular formula is C18H15N3. The zero-order valence-electron chi connectivity index (χ0n) is 12.0. The molecule has 0 radical (unpaired) electrons. The van der Waals surface area contributed by atoms with Crippen molar-refractivity contribution in [3.63, 3.8) is 0 Å². The topological polar surface area (TPSA) is 41.6 Å². The molecule has 0 amide bonds. The minimum atomic E-state index is 0.663. The molecule has 0 saturated carbocycles. The highest BCUT2D eigenvalue weighted by Crippen LogP contribution is 2.30. The van der Waals surface area contributed by atoms with Crippen LogP contribution in [0.25, 0.3) is 22.4 Å². The Bertz CT molecular complexity index is 838. The lowest BCUT2D eigenvalue weighted by molar-refractivity contribution is 0.775. The van der Waals surface area contributed by atoms with E-state index in [1.165, 1.54) is 11.1 Å². The minimum Gasteiger partial charge on any atom is -0.268 e. The number of aryl methyl sites for hydroxylation is 2. The molecule has 0 atom stereocenters. The van der Waals surface area contributed by atoms with Crippen molar-refractivity contribution in [3.8, 4) is 28.5 Å². The van der Waals surface area contributed by atoms with E-state index in [1.807, 2.05) is 37.4 Å². The summed E-state index contributed by atoms with van der Waals surface area (Å²) in [6.07, 6.45) is 1.75. The highest BCUT2D eigenvalue weighted by atomic mass is 15.3. The molecule has 3 rings (SSSR count). The van der Waals surface area contributed by atoms with Gasteiger partial charge in [-0.05, 0) is 41.8 Å². The van der Waals surface area contributed by atoms with Gasteiger partial charge in [-0.2, -0.15) is 10.4 Å². The van der Waals surface area contributed by atoms with Crippen molar-refractivity contribution in [2.24, 2.45) is 7.05 Å². The summed E-state index contributed by atoms with van der Waals surface area (Å²) in [7, 11) is 1.89. The number of aromatic nitrogens is 2. The molecule has 0 fully saturated rings. The van der Waals surface area contributed by atoms with Crippen molar-refractivity contribution in [3.05, 3.63) is 65.9 Å². The summed E-state index contributed by atoms with van der Waals surface area (Å²) in [4.78, 5) is 0. The number of benzene rings is 2. The van der Waals surface area contributed by atoms with Crippen LogP contribution in [-0.2, 0) is 7.05 Å². The maximum atomic E-state index is 9.34. The SMILES string of the molecule is Cc1ccccc1-c1ccc(C#N)c(-c2ccnn2C)c1. The molecule has 3 heteroatoms. The van der Waals surface area contributed by atoms with Gasteiger partial charge in [0, 0.05) is 18.8 Å². The molecule has 102 valence electrons. The summed E-state index contributed by atoms with van der Waals surface area (Å²) in [5.74, 6) is 0. The Morgan fingerprint density at radius 1 is 1.05 bits per heavy atom. The predicted octanol–water partition coefficient (Wildman–Crippen LogP) is 3.93. The van der Waals surface area contributed by atoms with Crippen LogP contribution < -0.4 is 0 Å². The van der Waals surface area contributed by atoms with Crippen LogP contribution in [0.2, 0.25) is 0 Å². The Morgan fingerprint density at radius 3 is 2.52 bits per heavy atom. The summed E-state index contributed by atoms with van der Waals surface area (Å²) < 4.78 is 1.79. The van der Waals surface area contributed by atoms with Crippen LogP contribution >= 0.6 is 0 Å². The van der Waals surface area contributed by atoms with Crippen LogP contribution in [0.15, 0.2) is 54.7 Å². The van der Waals surface area contributed by atoms with Gasteiger partial charge in [0.05, 0.1) is 17.3 Å². The van der Waals surface area contributed by atoms with Crippen molar-refractivity contribution in [2.45, 2.75) is 6.92 Å². The molecule has 0 aliphatic heterocycles. The fraction of sp³-hybridized carbons (Fsp3) is 0.111. The van der Waals surface area contributed by atoms with E-state index in [4.69, 9.17) is 0 Å². The van der Waals surface area contributed by atoms with Gasteiger partial charge in [-0.25, -0.2) is 0 Å². The monoisotopic (exact) mass is 273 g/mol. The zero-order chi connectivity index (χ0) is 14.8. The number of nitriles is 1. The quantitative estimate of drug-likeness (QED) is 0.709. The molecule has 0 aliphatic carbocycles. The van der Waals surface area contributed by atoms with Gasteiger partial charge in [0.2, 0.25) is 0 Å². The fourth-order valence-corrected chi connectivity index (χ4v) is 2.56. The third-order valence-electron chi connectivity index (χ3n) is 3.69. The Hall–Kier alpha value is -2.86. The Kier molecular flexibility index (Phi) is 3.29. The molecule has 0 unspecified atom stereocenters. The van der Waals surface area contributed by atoms with Crippen molar-refractivity contribution in [1.29, 1.82) is 5.26 Å². The average Bonchev–Trinajstić information content (AvgIpc) is 2.93. The molecule has 21 heavy (non-hydrogen) atoms. The Morgan fingerprint density at radius 2 is 1.86 bits per heavy atom. The van der Waals surface area contributed by atoms with E-state index in [1.54, 1.807) is 10.9 Å². The van der Waals surface area contributed by atoms with Crippen LogP contribution in [0.1, 0.15) is 11.1 Å². The highest BCUT2D eigenvalue weighted by molar-refractivity contribution is 5.77. The molecule has 1 heterocycles. The predicted molar refractivity (Wildman–Crippen MR) is 83.5 cm³/mol. The van der Waals surface area contributed by atoms with Gasteiger partial charge in [-0.15, -0.1) is 0 Å². The van der Waals surface area contributed by atoms with Gasteiger partial charge in [-0.3, -0.25) is 4.68 Å². The van der Waals surface area contributed by atoms with Gasteiger partial charge in [0.15, 0.2) is 0 Å². The Labute approximate surface area is 124 Å². The van der Waals surface area contributed by atoms with Crippen LogP contribution in [-0.4, -0.2) is 9.78 Å². The second kappa shape index (κ2) is 5.26. The lowest BCUT2D eigenvalue weighted by atomic mass is 9.95. The van der Waals surface area contributed by atoms with Gasteiger partial charge >= 0.3 is 0 Å². The summed E-state index contributed by atoms with van der Waals surface area (Å²) in [6.45, 7) is 2.09. The first-order chi connectivity index (χ1) is 10.2. The van der Waals surface area contributed by atoms with E-state index in [2.05, 4.69) is 36.3 Å². The summed E-state index contributed by atoms with van der Waals surface area (Å²) in [5, 5.41) is 13.5. The molecule has 3 nitrogen and oxygen atoms in total. The third-order valence-corrected chi connectivity index (χ3v) is 3.69. The minimum absolute atomic E-state index is 0.663. The first-order valence-electron chi connectivity index (χ1n) is 6.79. The lowest BCUT2D eigenvalue weighted by Gasteiger charge is -2.10.